The van der Waals surface area contributed by atoms with Crippen molar-refractivity contribution in [2.75, 3.05) is 32.7 Å². The molecule has 8 heteroatoms. The highest BCUT2D eigenvalue weighted by Gasteiger charge is 2.32. The van der Waals surface area contributed by atoms with E-state index < -0.39 is 6.36 Å². The quantitative estimate of drug-likeness (QED) is 0.767. The lowest BCUT2D eigenvalue weighted by Gasteiger charge is -2.34. The molecule has 0 atom stereocenters. The molecule has 0 aromatic heterocycles. The molecule has 1 amide bonds. The minimum Gasteiger partial charge on any atom is -0.405 e. The Morgan fingerprint density at radius 3 is 2.24 bits per heavy atom. The Hall–Kier alpha value is -2.58. The Kier molecular flexibility index (Phi) is 7.11. The molecule has 1 N–H and O–H groups in total. The third-order valence-electron chi connectivity index (χ3n) is 4.76. The molecule has 156 valence electrons. The number of hydrogen-bond donors (Lipinski definition) is 1. The van der Waals surface area contributed by atoms with E-state index in [4.69, 9.17) is 0 Å². The van der Waals surface area contributed by atoms with Crippen molar-refractivity contribution in [2.24, 2.45) is 0 Å². The van der Waals surface area contributed by atoms with Gasteiger partial charge in [0.05, 0.1) is 6.54 Å². The van der Waals surface area contributed by atoms with Crippen LogP contribution in [0, 0.1) is 0 Å². The summed E-state index contributed by atoms with van der Waals surface area (Å²) in [5, 5.41) is 2.68. The van der Waals surface area contributed by atoms with E-state index in [-0.39, 0.29) is 30.3 Å². The van der Waals surface area contributed by atoms with Crippen LogP contribution in [0.4, 0.5) is 13.2 Å². The maximum atomic E-state index is 12.5. The Balaban J connectivity index is 1.42. The van der Waals surface area contributed by atoms with E-state index in [1.54, 1.807) is 6.07 Å². The van der Waals surface area contributed by atoms with Crippen LogP contribution in [0.15, 0.2) is 54.6 Å². The number of benzene rings is 2. The molecular formula is C21H24F3N3O2. The summed E-state index contributed by atoms with van der Waals surface area (Å²) in [5.74, 6) is -0.516. The predicted octanol–water partition coefficient (Wildman–Crippen LogP) is 3.02. The number of nitrogens with one attached hydrogen (secondary N) is 1. The largest absolute Gasteiger partial charge is 0.573 e. The van der Waals surface area contributed by atoms with Gasteiger partial charge in [-0.05, 0) is 11.6 Å². The molecule has 1 heterocycles. The van der Waals surface area contributed by atoms with Crippen molar-refractivity contribution in [3.05, 3.63) is 65.7 Å². The van der Waals surface area contributed by atoms with Crippen molar-refractivity contribution in [1.82, 2.24) is 15.1 Å². The fraction of sp³-hybridized carbons (Fsp3) is 0.381. The van der Waals surface area contributed by atoms with Crippen LogP contribution in [0.3, 0.4) is 0 Å². The van der Waals surface area contributed by atoms with Crippen molar-refractivity contribution in [1.29, 1.82) is 0 Å². The second-order valence-corrected chi connectivity index (χ2v) is 6.97. The summed E-state index contributed by atoms with van der Waals surface area (Å²) in [6.07, 6.45) is -4.76. The average molecular weight is 407 g/mol. The summed E-state index contributed by atoms with van der Waals surface area (Å²) in [4.78, 5) is 16.6. The van der Waals surface area contributed by atoms with Crippen LogP contribution in [0.2, 0.25) is 0 Å². The highest BCUT2D eigenvalue weighted by atomic mass is 19.4. The Labute approximate surface area is 168 Å². The van der Waals surface area contributed by atoms with Crippen molar-refractivity contribution in [2.45, 2.75) is 19.5 Å². The zero-order valence-electron chi connectivity index (χ0n) is 16.0. The molecule has 3 rings (SSSR count). The highest BCUT2D eigenvalue weighted by Crippen LogP contribution is 2.26. The second kappa shape index (κ2) is 9.76. The molecule has 0 radical (unpaired) electrons. The fourth-order valence-electron chi connectivity index (χ4n) is 3.27. The number of halogens is 3. The zero-order valence-corrected chi connectivity index (χ0v) is 16.0. The maximum absolute atomic E-state index is 12.5. The smallest absolute Gasteiger partial charge is 0.405 e. The number of para-hydroxylation sites is 1. The molecule has 29 heavy (non-hydrogen) atoms. The van der Waals surface area contributed by atoms with Crippen molar-refractivity contribution < 1.29 is 22.7 Å². The third-order valence-corrected chi connectivity index (χ3v) is 4.76. The molecular weight excluding hydrogens is 383 g/mol. The molecule has 0 saturated carbocycles. The van der Waals surface area contributed by atoms with Gasteiger partial charge < -0.3 is 10.1 Å². The van der Waals surface area contributed by atoms with Crippen LogP contribution in [0.1, 0.15) is 11.1 Å². The topological polar surface area (TPSA) is 44.8 Å². The van der Waals surface area contributed by atoms with Crippen molar-refractivity contribution in [3.8, 4) is 5.75 Å². The molecule has 0 unspecified atom stereocenters. The Morgan fingerprint density at radius 2 is 1.55 bits per heavy atom. The van der Waals surface area contributed by atoms with E-state index in [2.05, 4.69) is 32.0 Å². The van der Waals surface area contributed by atoms with Crippen molar-refractivity contribution in [3.63, 3.8) is 0 Å². The average Bonchev–Trinajstić information content (AvgIpc) is 2.68. The minimum atomic E-state index is -4.76. The lowest BCUT2D eigenvalue weighted by atomic mass is 10.2. The zero-order chi connectivity index (χ0) is 20.7. The number of carbonyl (C=O) groups is 1. The first kappa shape index (κ1) is 21.1. The highest BCUT2D eigenvalue weighted by molar-refractivity contribution is 5.78. The van der Waals surface area contributed by atoms with E-state index in [0.29, 0.717) is 0 Å². The molecule has 0 aliphatic carbocycles. The summed E-state index contributed by atoms with van der Waals surface area (Å²) < 4.78 is 41.4. The van der Waals surface area contributed by atoms with E-state index in [0.717, 1.165) is 32.7 Å². The van der Waals surface area contributed by atoms with E-state index in [9.17, 15) is 18.0 Å². The van der Waals surface area contributed by atoms with Gasteiger partial charge in [-0.3, -0.25) is 14.6 Å². The minimum absolute atomic E-state index is 0.0148. The number of alkyl halides is 3. The van der Waals surface area contributed by atoms with Gasteiger partial charge in [0.15, 0.2) is 0 Å². The van der Waals surface area contributed by atoms with Crippen LogP contribution < -0.4 is 10.1 Å². The van der Waals surface area contributed by atoms with Crippen molar-refractivity contribution >= 4 is 5.91 Å². The SMILES string of the molecule is O=C(CN1CCN(Cc2ccccc2)CC1)NCc1ccccc1OC(F)(F)F. The van der Waals surface area contributed by atoms with Gasteiger partial charge in [-0.15, -0.1) is 13.2 Å². The molecule has 2 aromatic rings. The summed E-state index contributed by atoms with van der Waals surface area (Å²) >= 11 is 0. The Morgan fingerprint density at radius 1 is 0.931 bits per heavy atom. The molecule has 1 aliphatic heterocycles. The van der Waals surface area contributed by atoms with Gasteiger partial charge in [0, 0.05) is 44.8 Å². The maximum Gasteiger partial charge on any atom is 0.573 e. The van der Waals surface area contributed by atoms with Crippen LogP contribution in [0.25, 0.3) is 0 Å². The molecule has 1 fully saturated rings. The van der Waals surface area contributed by atoms with Gasteiger partial charge in [-0.25, -0.2) is 0 Å². The number of amides is 1. The van der Waals surface area contributed by atoms with Crippen LogP contribution >= 0.6 is 0 Å². The first-order chi connectivity index (χ1) is 13.9. The fourth-order valence-corrected chi connectivity index (χ4v) is 3.27. The van der Waals surface area contributed by atoms with Gasteiger partial charge in [-0.2, -0.15) is 0 Å². The number of ether oxygens (including phenoxy) is 1. The normalized spacial score (nSPS) is 15.8. The first-order valence-electron chi connectivity index (χ1n) is 9.48. The van der Waals surface area contributed by atoms with Gasteiger partial charge in [-0.1, -0.05) is 48.5 Å². The van der Waals surface area contributed by atoms with Gasteiger partial charge in [0.1, 0.15) is 5.75 Å². The second-order valence-electron chi connectivity index (χ2n) is 6.97. The number of piperazine rings is 1. The number of nitrogens with zero attached hydrogens (tertiary/aromatic N) is 2. The van der Waals surface area contributed by atoms with Crippen LogP contribution in [-0.4, -0.2) is 54.8 Å². The standard InChI is InChI=1S/C21H24F3N3O2/c22-21(23,24)29-19-9-5-4-8-18(19)14-25-20(28)16-27-12-10-26(11-13-27)15-17-6-2-1-3-7-17/h1-9H,10-16H2,(H,25,28). The summed E-state index contributed by atoms with van der Waals surface area (Å²) in [5.41, 5.74) is 1.55. The molecule has 5 nitrogen and oxygen atoms in total. The molecule has 1 saturated heterocycles. The first-order valence-corrected chi connectivity index (χ1v) is 9.48. The third kappa shape index (κ3) is 7.07. The van der Waals surface area contributed by atoms with E-state index in [1.807, 2.05) is 18.2 Å². The lowest BCUT2D eigenvalue weighted by Crippen LogP contribution is -2.49. The molecule has 0 bridgehead atoms. The van der Waals surface area contributed by atoms with Gasteiger partial charge in [0.25, 0.3) is 0 Å². The number of rotatable bonds is 7. The van der Waals surface area contributed by atoms with Gasteiger partial charge >= 0.3 is 6.36 Å². The summed E-state index contributed by atoms with van der Waals surface area (Å²) in [7, 11) is 0. The lowest BCUT2D eigenvalue weighted by molar-refractivity contribution is -0.274. The monoisotopic (exact) mass is 407 g/mol. The van der Waals surface area contributed by atoms with E-state index in [1.165, 1.54) is 23.8 Å². The summed E-state index contributed by atoms with van der Waals surface area (Å²) in [6, 6.07) is 16.0. The van der Waals surface area contributed by atoms with E-state index >= 15 is 0 Å². The van der Waals surface area contributed by atoms with Gasteiger partial charge in [0.2, 0.25) is 5.91 Å². The molecule has 0 spiro atoms. The van der Waals surface area contributed by atoms with Crippen LogP contribution in [0.5, 0.6) is 5.75 Å². The predicted molar refractivity (Wildman–Crippen MR) is 103 cm³/mol. The summed E-state index contributed by atoms with van der Waals surface area (Å²) in [6.45, 7) is 4.37. The van der Waals surface area contributed by atoms with Crippen LogP contribution in [-0.2, 0) is 17.9 Å². The number of hydrogen-bond acceptors (Lipinski definition) is 4. The molecule has 2 aromatic carbocycles. The molecule has 1 aliphatic rings. The Bertz CT molecular complexity index is 791. The number of carbonyl (C=O) groups excluding carboxylic acids is 1.